The maximum atomic E-state index is 12.9. The van der Waals surface area contributed by atoms with E-state index in [0.29, 0.717) is 21.2 Å². The van der Waals surface area contributed by atoms with Crippen LogP contribution in [0, 0.1) is 0 Å². The Morgan fingerprint density at radius 3 is 2.18 bits per heavy atom. The van der Waals surface area contributed by atoms with E-state index >= 15 is 0 Å². The first-order chi connectivity index (χ1) is 10.7. The van der Waals surface area contributed by atoms with Gasteiger partial charge in [-0.05, 0) is 22.0 Å². The largest absolute Gasteiger partial charge is 0.361 e. The summed E-state index contributed by atoms with van der Waals surface area (Å²) in [5.74, 6) is -0.290. The molecule has 22 heavy (non-hydrogen) atoms. The number of para-hydroxylation sites is 1. The molecule has 0 unspecified atom stereocenters. The molecule has 4 rings (SSSR count). The van der Waals surface area contributed by atoms with Crippen LogP contribution in [0.1, 0.15) is 26.3 Å². The Morgan fingerprint density at radius 2 is 1.41 bits per heavy atom. The highest BCUT2D eigenvalue weighted by Gasteiger charge is 2.32. The number of nitrogens with one attached hydrogen (secondary N) is 1. The quantitative estimate of drug-likeness (QED) is 0.708. The molecule has 1 aromatic heterocycles. The molecule has 0 spiro atoms. The van der Waals surface area contributed by atoms with Crippen LogP contribution in [-0.4, -0.2) is 16.6 Å². The summed E-state index contributed by atoms with van der Waals surface area (Å²) in [4.78, 5) is 28.5. The number of allylic oxidation sites excluding steroid dienone is 2. The van der Waals surface area contributed by atoms with Crippen molar-refractivity contribution in [2.24, 2.45) is 0 Å². The van der Waals surface area contributed by atoms with Gasteiger partial charge in [0.1, 0.15) is 0 Å². The second kappa shape index (κ2) is 4.78. The van der Waals surface area contributed by atoms with Crippen molar-refractivity contribution in [3.63, 3.8) is 0 Å². The Morgan fingerprint density at radius 1 is 0.773 bits per heavy atom. The van der Waals surface area contributed by atoms with Crippen molar-refractivity contribution < 1.29 is 9.59 Å². The summed E-state index contributed by atoms with van der Waals surface area (Å²) < 4.78 is 0.320. The Kier molecular flexibility index (Phi) is 2.87. The molecule has 0 atom stereocenters. The fourth-order valence-electron chi connectivity index (χ4n) is 2.86. The lowest BCUT2D eigenvalue weighted by Gasteiger charge is -2.17. The number of benzene rings is 2. The van der Waals surface area contributed by atoms with Crippen LogP contribution in [-0.2, 0) is 0 Å². The number of Topliss-reactive ketones (excluding diaryl/α,β-unsaturated/α-hetero) is 2. The molecule has 3 aromatic rings. The number of carbonyl (C=O) groups excluding carboxylic acids is 2. The van der Waals surface area contributed by atoms with Gasteiger partial charge < -0.3 is 4.98 Å². The first-order valence-electron chi connectivity index (χ1n) is 6.83. The highest BCUT2D eigenvalue weighted by Crippen LogP contribution is 2.37. The third kappa shape index (κ3) is 1.74. The molecule has 1 heterocycles. The summed E-state index contributed by atoms with van der Waals surface area (Å²) in [6, 6.07) is 14.6. The average Bonchev–Trinajstić information content (AvgIpc) is 2.97. The smallest absolute Gasteiger partial charge is 0.201 e. The Balaban J connectivity index is 2.01. The predicted molar refractivity (Wildman–Crippen MR) is 89.2 cm³/mol. The molecule has 0 bridgehead atoms. The predicted octanol–water partition coefficient (Wildman–Crippen LogP) is 4.35. The number of hydrogen-bond donors (Lipinski definition) is 1. The molecule has 2 aromatic carbocycles. The number of hydrogen-bond acceptors (Lipinski definition) is 2. The van der Waals surface area contributed by atoms with Crippen LogP contribution in [0.25, 0.3) is 16.5 Å². The summed E-state index contributed by atoms with van der Waals surface area (Å²) >= 11 is 3.33. The van der Waals surface area contributed by atoms with E-state index in [1.807, 2.05) is 24.3 Å². The normalized spacial score (nSPS) is 14.6. The summed E-state index contributed by atoms with van der Waals surface area (Å²) in [7, 11) is 0. The summed E-state index contributed by atoms with van der Waals surface area (Å²) in [6.07, 6.45) is 1.78. The van der Waals surface area contributed by atoms with Crippen molar-refractivity contribution in [3.05, 3.63) is 75.9 Å². The second-order valence-corrected chi connectivity index (χ2v) is 5.93. The van der Waals surface area contributed by atoms with Gasteiger partial charge in [0, 0.05) is 33.8 Å². The topological polar surface area (TPSA) is 49.9 Å². The highest BCUT2D eigenvalue weighted by molar-refractivity contribution is 9.12. The maximum Gasteiger partial charge on any atom is 0.201 e. The fourth-order valence-corrected chi connectivity index (χ4v) is 3.47. The molecule has 0 saturated carbocycles. The van der Waals surface area contributed by atoms with Crippen LogP contribution in [0.15, 0.2) is 59.2 Å². The summed E-state index contributed by atoms with van der Waals surface area (Å²) in [5, 5.41) is 0.926. The van der Waals surface area contributed by atoms with Crippen LogP contribution in [0.5, 0.6) is 0 Å². The first kappa shape index (κ1) is 13.2. The maximum absolute atomic E-state index is 12.9. The first-order valence-corrected chi connectivity index (χ1v) is 7.62. The number of aromatic amines is 1. The molecule has 0 saturated heterocycles. The molecule has 0 amide bonds. The van der Waals surface area contributed by atoms with E-state index in [2.05, 4.69) is 20.9 Å². The number of fused-ring (bicyclic) bond motifs is 2. The zero-order valence-electron chi connectivity index (χ0n) is 11.4. The van der Waals surface area contributed by atoms with E-state index in [9.17, 15) is 9.59 Å². The van der Waals surface area contributed by atoms with E-state index in [-0.39, 0.29) is 11.6 Å². The van der Waals surface area contributed by atoms with Gasteiger partial charge in [-0.1, -0.05) is 42.5 Å². The van der Waals surface area contributed by atoms with Gasteiger partial charge in [-0.2, -0.15) is 0 Å². The number of halogens is 1. The van der Waals surface area contributed by atoms with E-state index in [0.717, 1.165) is 16.5 Å². The second-order valence-electron chi connectivity index (χ2n) is 5.14. The Hall–Kier alpha value is -2.46. The minimum atomic E-state index is -0.157. The number of H-pyrrole nitrogens is 1. The number of rotatable bonds is 1. The average molecular weight is 352 g/mol. The molecule has 0 aliphatic heterocycles. The molecule has 4 heteroatoms. The molecule has 0 radical (unpaired) electrons. The van der Waals surface area contributed by atoms with Gasteiger partial charge >= 0.3 is 0 Å². The van der Waals surface area contributed by atoms with E-state index in [4.69, 9.17) is 0 Å². The number of ketones is 2. The van der Waals surface area contributed by atoms with Crippen LogP contribution in [0.4, 0.5) is 0 Å². The van der Waals surface area contributed by atoms with Crippen molar-refractivity contribution in [2.75, 3.05) is 0 Å². The van der Waals surface area contributed by atoms with Crippen LogP contribution < -0.4 is 0 Å². The van der Waals surface area contributed by atoms with Gasteiger partial charge in [0.15, 0.2) is 5.78 Å². The summed E-state index contributed by atoms with van der Waals surface area (Å²) in [6.45, 7) is 0. The molecule has 106 valence electrons. The van der Waals surface area contributed by atoms with Crippen molar-refractivity contribution >= 4 is 44.0 Å². The van der Waals surface area contributed by atoms with Gasteiger partial charge in [-0.3, -0.25) is 9.59 Å². The lowest BCUT2D eigenvalue weighted by atomic mass is 9.86. The standard InChI is InChI=1S/C18H10BrNO2/c19-16-15(13-9-20-14-8-4-3-5-10(13)14)17(21)11-6-1-2-7-12(11)18(16)22/h1-9,20H. The van der Waals surface area contributed by atoms with Gasteiger partial charge in [-0.15, -0.1) is 0 Å². The van der Waals surface area contributed by atoms with Crippen molar-refractivity contribution in [1.82, 2.24) is 4.98 Å². The van der Waals surface area contributed by atoms with Crippen molar-refractivity contribution in [3.8, 4) is 0 Å². The Bertz CT molecular complexity index is 981. The van der Waals surface area contributed by atoms with E-state index in [1.165, 1.54) is 0 Å². The van der Waals surface area contributed by atoms with Crippen LogP contribution in [0.2, 0.25) is 0 Å². The molecule has 0 fully saturated rings. The minimum absolute atomic E-state index is 0.133. The van der Waals surface area contributed by atoms with Crippen molar-refractivity contribution in [1.29, 1.82) is 0 Å². The number of aromatic nitrogens is 1. The number of carbonyl (C=O) groups is 2. The third-order valence-electron chi connectivity index (χ3n) is 3.92. The van der Waals surface area contributed by atoms with Crippen molar-refractivity contribution in [2.45, 2.75) is 0 Å². The van der Waals surface area contributed by atoms with Gasteiger partial charge in [0.2, 0.25) is 5.78 Å². The third-order valence-corrected chi connectivity index (χ3v) is 4.68. The fraction of sp³-hybridized carbons (Fsp3) is 0. The minimum Gasteiger partial charge on any atom is -0.361 e. The van der Waals surface area contributed by atoms with E-state index in [1.54, 1.807) is 30.5 Å². The molecule has 1 aliphatic carbocycles. The molecule has 3 nitrogen and oxygen atoms in total. The van der Waals surface area contributed by atoms with Gasteiger partial charge in [-0.25, -0.2) is 0 Å². The van der Waals surface area contributed by atoms with Crippen LogP contribution in [0.3, 0.4) is 0 Å². The molecular weight excluding hydrogens is 342 g/mol. The lowest BCUT2D eigenvalue weighted by molar-refractivity contribution is 0.0999. The zero-order valence-corrected chi connectivity index (χ0v) is 13.0. The monoisotopic (exact) mass is 351 g/mol. The van der Waals surface area contributed by atoms with Gasteiger partial charge in [0.25, 0.3) is 0 Å². The lowest BCUT2D eigenvalue weighted by Crippen LogP contribution is -2.18. The SMILES string of the molecule is O=C1C(Br)=C(c2c[nH]c3ccccc23)C(=O)c2ccccc21. The van der Waals surface area contributed by atoms with Gasteiger partial charge in [0.05, 0.1) is 10.1 Å². The molecule has 1 N–H and O–H groups in total. The van der Waals surface area contributed by atoms with E-state index < -0.39 is 0 Å². The Labute approximate surface area is 134 Å². The highest BCUT2D eigenvalue weighted by atomic mass is 79.9. The summed E-state index contributed by atoms with van der Waals surface area (Å²) in [5.41, 5.74) is 3.00. The van der Waals surface area contributed by atoms with Crippen LogP contribution >= 0.6 is 15.9 Å². The molecule has 1 aliphatic rings. The molecular formula is C18H10BrNO2. The zero-order chi connectivity index (χ0) is 15.3.